The number of aromatic nitrogens is 1. The van der Waals surface area contributed by atoms with Crippen molar-refractivity contribution in [1.29, 1.82) is 0 Å². The molecule has 188 valence electrons. The van der Waals surface area contributed by atoms with E-state index < -0.39 is 29.7 Å². The minimum Gasteiger partial charge on any atom is -0.480 e. The average molecular weight is 482 g/mol. The Morgan fingerprint density at radius 3 is 2.26 bits per heavy atom. The van der Waals surface area contributed by atoms with Crippen LogP contribution in [0.3, 0.4) is 0 Å². The molecule has 2 fully saturated rings. The molecule has 0 spiro atoms. The van der Waals surface area contributed by atoms with E-state index >= 15 is 0 Å². The highest BCUT2D eigenvalue weighted by Crippen LogP contribution is 2.32. The number of para-hydroxylation sites is 1. The summed E-state index contributed by atoms with van der Waals surface area (Å²) >= 11 is 0. The van der Waals surface area contributed by atoms with Crippen molar-refractivity contribution in [1.82, 2.24) is 15.2 Å². The number of hydrogen-bond donors (Lipinski definition) is 3. The lowest BCUT2D eigenvalue weighted by Crippen LogP contribution is -2.60. The second-order valence-corrected chi connectivity index (χ2v) is 9.99. The fraction of sp³-hybridized carbons (Fsp3) is 0.556. The molecule has 8 nitrogen and oxygen atoms in total. The van der Waals surface area contributed by atoms with E-state index in [-0.39, 0.29) is 23.4 Å². The second-order valence-electron chi connectivity index (χ2n) is 9.99. The lowest BCUT2D eigenvalue weighted by atomic mass is 9.81. The van der Waals surface area contributed by atoms with Crippen LogP contribution >= 0.6 is 0 Å². The molecule has 0 saturated heterocycles. The zero-order valence-electron chi connectivity index (χ0n) is 20.3. The van der Waals surface area contributed by atoms with Crippen molar-refractivity contribution in [2.45, 2.75) is 89.3 Å². The average Bonchev–Trinajstić information content (AvgIpc) is 3.31. The summed E-state index contributed by atoms with van der Waals surface area (Å²) in [5, 5.41) is 13.6. The predicted molar refractivity (Wildman–Crippen MR) is 132 cm³/mol. The van der Waals surface area contributed by atoms with E-state index in [9.17, 15) is 24.3 Å². The number of Topliss-reactive ketones (excluding diaryl/α,β-unsaturated/α-hetero) is 1. The number of aliphatic carboxylic acids is 1. The van der Waals surface area contributed by atoms with Crippen LogP contribution in [-0.4, -0.2) is 56.7 Å². The first-order valence-electron chi connectivity index (χ1n) is 12.8. The fourth-order valence-electron chi connectivity index (χ4n) is 5.70. The highest BCUT2D eigenvalue weighted by molar-refractivity contribution is 6.45. The van der Waals surface area contributed by atoms with Crippen LogP contribution in [0.25, 0.3) is 10.9 Å². The molecule has 2 saturated carbocycles. The summed E-state index contributed by atoms with van der Waals surface area (Å²) in [5.41, 5.74) is 0.892. The zero-order valence-corrected chi connectivity index (χ0v) is 20.3. The molecule has 1 unspecified atom stereocenters. The van der Waals surface area contributed by atoms with Crippen LogP contribution in [0, 0.1) is 5.92 Å². The van der Waals surface area contributed by atoms with Gasteiger partial charge in [-0.25, -0.2) is 4.79 Å². The summed E-state index contributed by atoms with van der Waals surface area (Å²) in [7, 11) is 0. The van der Waals surface area contributed by atoms with Crippen LogP contribution in [0.1, 0.15) is 81.5 Å². The van der Waals surface area contributed by atoms with E-state index in [4.69, 9.17) is 0 Å². The number of rotatable bonds is 8. The lowest BCUT2D eigenvalue weighted by Gasteiger charge is -2.40. The number of ketones is 1. The van der Waals surface area contributed by atoms with Gasteiger partial charge in [-0.1, -0.05) is 56.7 Å². The van der Waals surface area contributed by atoms with Gasteiger partial charge in [0, 0.05) is 23.1 Å². The van der Waals surface area contributed by atoms with Gasteiger partial charge >= 0.3 is 5.97 Å². The van der Waals surface area contributed by atoms with Gasteiger partial charge in [0.1, 0.15) is 12.1 Å². The molecule has 35 heavy (non-hydrogen) atoms. The van der Waals surface area contributed by atoms with Crippen molar-refractivity contribution in [3.8, 4) is 0 Å². The maximum atomic E-state index is 13.7. The van der Waals surface area contributed by atoms with Crippen LogP contribution in [-0.2, 0) is 14.4 Å². The molecule has 4 rings (SSSR count). The Kier molecular flexibility index (Phi) is 7.88. The van der Waals surface area contributed by atoms with Gasteiger partial charge in [0.2, 0.25) is 5.91 Å². The molecule has 2 amide bonds. The molecule has 1 heterocycles. The van der Waals surface area contributed by atoms with Crippen molar-refractivity contribution >= 4 is 34.5 Å². The van der Waals surface area contributed by atoms with E-state index in [1.54, 1.807) is 18.2 Å². The normalized spacial score (nSPS) is 19.1. The summed E-state index contributed by atoms with van der Waals surface area (Å²) in [5.74, 6) is -3.51. The maximum Gasteiger partial charge on any atom is 0.326 e. The molecule has 2 aliphatic carbocycles. The van der Waals surface area contributed by atoms with Crippen LogP contribution < -0.4 is 5.32 Å². The molecular formula is C27H35N3O5. The number of hydrogen-bond acceptors (Lipinski definition) is 4. The first-order chi connectivity index (χ1) is 16.9. The number of aromatic amines is 1. The molecule has 0 radical (unpaired) electrons. The molecule has 2 aliphatic rings. The largest absolute Gasteiger partial charge is 0.480 e. The minimum atomic E-state index is -1.32. The van der Waals surface area contributed by atoms with Gasteiger partial charge in [-0.05, 0) is 44.6 Å². The monoisotopic (exact) mass is 481 g/mol. The first kappa shape index (κ1) is 24.9. The Hall–Kier alpha value is -3.16. The Labute approximate surface area is 205 Å². The minimum absolute atomic E-state index is 0.0174. The number of nitrogens with one attached hydrogen (secondary N) is 2. The Bertz CT molecular complexity index is 1080. The van der Waals surface area contributed by atoms with Gasteiger partial charge in [-0.2, -0.15) is 0 Å². The van der Waals surface area contributed by atoms with Gasteiger partial charge in [0.05, 0.1) is 5.56 Å². The van der Waals surface area contributed by atoms with E-state index in [0.717, 1.165) is 69.1 Å². The SMILES string of the molecule is C[C@H](C(=O)O)N(C(=O)C(=O)c1c[nH]c2ccccc12)C(C(=O)NC1CCCCC1)C1CCCCC1. The van der Waals surface area contributed by atoms with Crippen LogP contribution in [0.15, 0.2) is 30.5 Å². The Morgan fingerprint density at radius 2 is 1.60 bits per heavy atom. The zero-order chi connectivity index (χ0) is 24.9. The summed E-state index contributed by atoms with van der Waals surface area (Å²) < 4.78 is 0. The van der Waals surface area contributed by atoms with E-state index in [1.165, 1.54) is 13.1 Å². The quantitative estimate of drug-likeness (QED) is 0.388. The van der Waals surface area contributed by atoms with Crippen LogP contribution in [0.4, 0.5) is 0 Å². The third kappa shape index (κ3) is 5.41. The molecule has 1 aromatic carbocycles. The third-order valence-electron chi connectivity index (χ3n) is 7.65. The Balaban J connectivity index is 1.69. The number of H-pyrrole nitrogens is 1. The molecule has 1 aromatic heterocycles. The topological polar surface area (TPSA) is 120 Å². The molecule has 0 aliphatic heterocycles. The van der Waals surface area contributed by atoms with Crippen molar-refractivity contribution in [2.75, 3.05) is 0 Å². The van der Waals surface area contributed by atoms with Gasteiger partial charge in [-0.15, -0.1) is 0 Å². The number of carboxylic acids is 1. The Morgan fingerprint density at radius 1 is 0.971 bits per heavy atom. The van der Waals surface area contributed by atoms with Gasteiger partial charge in [0.15, 0.2) is 0 Å². The summed E-state index contributed by atoms with van der Waals surface area (Å²) in [6, 6.07) is 4.84. The van der Waals surface area contributed by atoms with Crippen LogP contribution in [0.2, 0.25) is 0 Å². The summed E-state index contributed by atoms with van der Waals surface area (Å²) in [6.45, 7) is 1.38. The highest BCUT2D eigenvalue weighted by atomic mass is 16.4. The molecule has 2 aromatic rings. The van der Waals surface area contributed by atoms with Crippen molar-refractivity contribution in [2.24, 2.45) is 5.92 Å². The fourth-order valence-corrected chi connectivity index (χ4v) is 5.70. The van der Waals surface area contributed by atoms with Crippen molar-refractivity contribution < 1.29 is 24.3 Å². The molecular weight excluding hydrogens is 446 g/mol. The maximum absolute atomic E-state index is 13.7. The third-order valence-corrected chi connectivity index (χ3v) is 7.65. The highest BCUT2D eigenvalue weighted by Gasteiger charge is 2.44. The number of nitrogens with zero attached hydrogens (tertiary/aromatic N) is 1. The van der Waals surface area contributed by atoms with Crippen molar-refractivity contribution in [3.05, 3.63) is 36.0 Å². The lowest BCUT2D eigenvalue weighted by molar-refractivity contribution is -0.154. The second kappa shape index (κ2) is 11.1. The number of amides is 2. The van der Waals surface area contributed by atoms with Gasteiger partial charge < -0.3 is 20.3 Å². The number of carbonyl (C=O) groups is 4. The summed E-state index contributed by atoms with van der Waals surface area (Å²) in [6.07, 6.45) is 10.8. The molecule has 3 N–H and O–H groups in total. The van der Waals surface area contributed by atoms with E-state index in [2.05, 4.69) is 10.3 Å². The number of benzene rings is 1. The van der Waals surface area contributed by atoms with E-state index in [1.807, 2.05) is 6.07 Å². The standard InChI is InChI=1S/C27H35N3O5/c1-17(27(34)35)30(26(33)24(31)21-16-28-22-15-9-8-14-20(21)22)23(18-10-4-2-5-11-18)25(32)29-19-12-6-3-7-13-19/h8-9,14-19,23,28H,2-7,10-13H2,1H3,(H,29,32)(H,34,35)/t17-,23?/m1/s1. The van der Waals surface area contributed by atoms with Gasteiger partial charge in [0.25, 0.3) is 11.7 Å². The first-order valence-corrected chi connectivity index (χ1v) is 12.8. The smallest absolute Gasteiger partial charge is 0.326 e. The summed E-state index contributed by atoms with van der Waals surface area (Å²) in [4.78, 5) is 57.0. The van der Waals surface area contributed by atoms with Crippen molar-refractivity contribution in [3.63, 3.8) is 0 Å². The molecule has 2 atom stereocenters. The number of carbonyl (C=O) groups excluding carboxylic acids is 3. The number of carboxylic acid groups (broad SMARTS) is 1. The van der Waals surface area contributed by atoms with Crippen LogP contribution in [0.5, 0.6) is 0 Å². The predicted octanol–water partition coefficient (Wildman–Crippen LogP) is 4.05. The van der Waals surface area contributed by atoms with Gasteiger partial charge in [-0.3, -0.25) is 14.4 Å². The van der Waals surface area contributed by atoms with E-state index in [0.29, 0.717) is 10.9 Å². The molecule has 0 bridgehead atoms. The number of fused-ring (bicyclic) bond motifs is 1. The molecule has 8 heteroatoms.